The molecule has 0 saturated heterocycles. The molecule has 0 radical (unpaired) electrons. The number of aliphatic carboxylic acids is 1. The van der Waals surface area contributed by atoms with Crippen molar-refractivity contribution < 1.29 is 9.90 Å². The number of carboxylic acids is 1. The Labute approximate surface area is 237 Å². The summed E-state index contributed by atoms with van der Waals surface area (Å²) in [5.74, 6) is -1.22. The molecule has 4 nitrogen and oxygen atoms in total. The van der Waals surface area contributed by atoms with Crippen LogP contribution in [0.15, 0.2) is 115 Å². The Balaban J connectivity index is 1.40. The fourth-order valence-corrected chi connectivity index (χ4v) is 6.44. The quantitative estimate of drug-likeness (QED) is 0.173. The van der Waals surface area contributed by atoms with Crippen molar-refractivity contribution >= 4 is 40.4 Å². The molecule has 0 fully saturated rings. The molecule has 0 amide bonds. The van der Waals surface area contributed by atoms with E-state index in [0.29, 0.717) is 0 Å². The number of fused-ring (bicyclic) bond motifs is 3. The van der Waals surface area contributed by atoms with Crippen molar-refractivity contribution in [1.29, 1.82) is 5.26 Å². The molecule has 0 bridgehead atoms. The van der Waals surface area contributed by atoms with Gasteiger partial charge < -0.3 is 10.0 Å². The van der Waals surface area contributed by atoms with Crippen LogP contribution in [0.25, 0.3) is 27.6 Å². The van der Waals surface area contributed by atoms with Gasteiger partial charge >= 0.3 is 5.97 Å². The second kappa shape index (κ2) is 10.00. The number of carbonyl (C=O) groups is 1. The van der Waals surface area contributed by atoms with Crippen molar-refractivity contribution in [3.8, 4) is 27.6 Å². The van der Waals surface area contributed by atoms with E-state index in [4.69, 9.17) is 5.26 Å². The van der Waals surface area contributed by atoms with Crippen LogP contribution in [0.4, 0.5) is 17.1 Å². The van der Waals surface area contributed by atoms with Crippen molar-refractivity contribution in [3.63, 3.8) is 0 Å². The first kappa shape index (κ1) is 25.4. The number of hydrogen-bond donors (Lipinski definition) is 1. The molecular formula is C35H26N2O2S. The second-order valence-corrected chi connectivity index (χ2v) is 11.4. The lowest BCUT2D eigenvalue weighted by molar-refractivity contribution is -0.132. The molecule has 5 aromatic rings. The molecule has 0 saturated carbocycles. The maximum absolute atomic E-state index is 11.3. The lowest BCUT2D eigenvalue weighted by atomic mass is 9.81. The first-order valence-electron chi connectivity index (χ1n) is 13.0. The smallest absolute Gasteiger partial charge is 0.346 e. The van der Waals surface area contributed by atoms with E-state index in [1.165, 1.54) is 39.7 Å². The van der Waals surface area contributed by atoms with Gasteiger partial charge in [-0.3, -0.25) is 0 Å². The van der Waals surface area contributed by atoms with E-state index in [0.717, 1.165) is 32.4 Å². The third kappa shape index (κ3) is 4.39. The summed E-state index contributed by atoms with van der Waals surface area (Å²) in [4.78, 5) is 15.3. The van der Waals surface area contributed by atoms with E-state index in [1.807, 2.05) is 24.3 Å². The molecule has 0 aliphatic heterocycles. The number of carboxylic acid groups (broad SMARTS) is 1. The molecule has 1 aromatic heterocycles. The molecule has 1 aliphatic rings. The maximum atomic E-state index is 11.3. The summed E-state index contributed by atoms with van der Waals surface area (Å²) in [5.41, 5.74) is 8.93. The Bertz CT molecular complexity index is 1770. The van der Waals surface area contributed by atoms with Crippen molar-refractivity contribution in [1.82, 2.24) is 0 Å². The van der Waals surface area contributed by atoms with Crippen LogP contribution < -0.4 is 4.90 Å². The van der Waals surface area contributed by atoms with E-state index >= 15 is 0 Å². The molecule has 6 rings (SSSR count). The SMILES string of the molecule is CC1(C)c2cc(-c3ccc(/C=C(\C#N)C(=O)O)s3)ccc2-c2ccc(N(c3ccccc3)c3ccccc3)cc21. The summed E-state index contributed by atoms with van der Waals surface area (Å²) in [5, 5.41) is 18.3. The van der Waals surface area contributed by atoms with E-state index in [9.17, 15) is 9.90 Å². The Morgan fingerprint density at radius 2 is 1.40 bits per heavy atom. The van der Waals surface area contributed by atoms with E-state index < -0.39 is 5.97 Å². The van der Waals surface area contributed by atoms with Gasteiger partial charge in [-0.25, -0.2) is 4.79 Å². The highest BCUT2D eigenvalue weighted by atomic mass is 32.1. The Morgan fingerprint density at radius 3 is 2.00 bits per heavy atom. The molecule has 1 aliphatic carbocycles. The summed E-state index contributed by atoms with van der Waals surface area (Å²) in [6, 6.07) is 39.8. The molecule has 5 heteroatoms. The van der Waals surface area contributed by atoms with Gasteiger partial charge in [-0.1, -0.05) is 68.4 Å². The summed E-state index contributed by atoms with van der Waals surface area (Å²) in [6.45, 7) is 4.55. The van der Waals surface area contributed by atoms with Gasteiger partial charge in [0, 0.05) is 32.2 Å². The number of para-hydroxylation sites is 2. The molecule has 194 valence electrons. The highest BCUT2D eigenvalue weighted by molar-refractivity contribution is 7.16. The standard InChI is InChI=1S/C35H26N2O2S/c1-35(2)31-20-23(33-18-15-28(40-33)19-24(22-36)34(38)39)13-16-29(31)30-17-14-27(21-32(30)35)37(25-9-5-3-6-10-25)26-11-7-4-8-12-26/h3-21H,1-2H3,(H,38,39)/b24-19+. The Kier molecular flexibility index (Phi) is 6.34. The van der Waals surface area contributed by atoms with Crippen LogP contribution >= 0.6 is 11.3 Å². The third-order valence-electron chi connectivity index (χ3n) is 7.50. The van der Waals surface area contributed by atoms with Crippen LogP contribution in [0, 0.1) is 11.3 Å². The van der Waals surface area contributed by atoms with Crippen LogP contribution in [0.3, 0.4) is 0 Å². The minimum atomic E-state index is -1.22. The second-order valence-electron chi connectivity index (χ2n) is 10.3. The van der Waals surface area contributed by atoms with Crippen LogP contribution in [0.2, 0.25) is 0 Å². The average Bonchev–Trinajstić information content (AvgIpc) is 3.53. The fraction of sp³-hybridized carbons (Fsp3) is 0.0857. The predicted molar refractivity (Wildman–Crippen MR) is 163 cm³/mol. The molecule has 4 aromatic carbocycles. The van der Waals surface area contributed by atoms with Gasteiger partial charge in [0.15, 0.2) is 0 Å². The zero-order chi connectivity index (χ0) is 27.9. The zero-order valence-corrected chi connectivity index (χ0v) is 22.9. The van der Waals surface area contributed by atoms with Crippen molar-refractivity contribution in [3.05, 3.63) is 131 Å². The van der Waals surface area contributed by atoms with E-state index in [-0.39, 0.29) is 11.0 Å². The van der Waals surface area contributed by atoms with Gasteiger partial charge in [0.1, 0.15) is 11.6 Å². The van der Waals surface area contributed by atoms with Gasteiger partial charge in [-0.2, -0.15) is 5.26 Å². The number of thiophene rings is 1. The lowest BCUT2D eigenvalue weighted by Gasteiger charge is -2.28. The van der Waals surface area contributed by atoms with Gasteiger partial charge in [0.25, 0.3) is 0 Å². The molecule has 1 heterocycles. The largest absolute Gasteiger partial charge is 0.477 e. The molecule has 40 heavy (non-hydrogen) atoms. The average molecular weight is 539 g/mol. The first-order chi connectivity index (χ1) is 19.4. The van der Waals surface area contributed by atoms with Crippen molar-refractivity contribution in [2.75, 3.05) is 4.90 Å². The lowest BCUT2D eigenvalue weighted by Crippen LogP contribution is -2.16. The summed E-state index contributed by atoms with van der Waals surface area (Å²) < 4.78 is 0. The number of nitrogens with zero attached hydrogens (tertiary/aromatic N) is 2. The highest BCUT2D eigenvalue weighted by Crippen LogP contribution is 2.51. The van der Waals surface area contributed by atoms with Crippen LogP contribution in [-0.4, -0.2) is 11.1 Å². The van der Waals surface area contributed by atoms with Crippen molar-refractivity contribution in [2.24, 2.45) is 0 Å². The van der Waals surface area contributed by atoms with E-state index in [2.05, 4.69) is 104 Å². The highest BCUT2D eigenvalue weighted by Gasteiger charge is 2.36. The summed E-state index contributed by atoms with van der Waals surface area (Å²) in [7, 11) is 0. The zero-order valence-electron chi connectivity index (χ0n) is 22.1. The maximum Gasteiger partial charge on any atom is 0.346 e. The number of benzene rings is 4. The van der Waals surface area contributed by atoms with Gasteiger partial charge in [-0.05, 0) is 88.5 Å². The Hall–Kier alpha value is -4.92. The molecule has 0 unspecified atom stereocenters. The molecule has 0 atom stereocenters. The molecular weight excluding hydrogens is 512 g/mol. The fourth-order valence-electron chi connectivity index (χ4n) is 5.49. The number of rotatable bonds is 6. The van der Waals surface area contributed by atoms with Crippen LogP contribution in [-0.2, 0) is 10.2 Å². The Morgan fingerprint density at radius 1 is 0.800 bits per heavy atom. The van der Waals surface area contributed by atoms with E-state index in [1.54, 1.807) is 6.07 Å². The first-order valence-corrected chi connectivity index (χ1v) is 13.8. The van der Waals surface area contributed by atoms with Gasteiger partial charge in [0.05, 0.1) is 0 Å². The monoisotopic (exact) mass is 538 g/mol. The topological polar surface area (TPSA) is 64.3 Å². The van der Waals surface area contributed by atoms with Crippen LogP contribution in [0.5, 0.6) is 0 Å². The third-order valence-corrected chi connectivity index (χ3v) is 8.58. The predicted octanol–water partition coefficient (Wildman–Crippen LogP) is 9.18. The van der Waals surface area contributed by atoms with Gasteiger partial charge in [0.2, 0.25) is 0 Å². The summed E-state index contributed by atoms with van der Waals surface area (Å²) in [6.07, 6.45) is 1.43. The van der Waals surface area contributed by atoms with Crippen molar-refractivity contribution in [2.45, 2.75) is 19.3 Å². The normalized spacial score (nSPS) is 13.3. The minimum absolute atomic E-state index is 0.215. The minimum Gasteiger partial charge on any atom is -0.477 e. The molecule has 0 spiro atoms. The van der Waals surface area contributed by atoms with Gasteiger partial charge in [-0.15, -0.1) is 11.3 Å². The van der Waals surface area contributed by atoms with Crippen LogP contribution in [0.1, 0.15) is 29.9 Å². The summed E-state index contributed by atoms with van der Waals surface area (Å²) >= 11 is 1.48. The number of hydrogen-bond acceptors (Lipinski definition) is 4. The number of anilines is 3. The number of nitriles is 1. The molecule has 1 N–H and O–H groups in total.